The van der Waals surface area contributed by atoms with Gasteiger partial charge >= 0.3 is 0 Å². The van der Waals surface area contributed by atoms with E-state index in [2.05, 4.69) is 5.32 Å². The molecular weight excluding hydrogens is 381 g/mol. The molecule has 0 bridgehead atoms. The van der Waals surface area contributed by atoms with Crippen LogP contribution in [0.25, 0.3) is 0 Å². The van der Waals surface area contributed by atoms with Gasteiger partial charge in [0.05, 0.1) is 21.7 Å². The molecule has 0 aliphatic carbocycles. The second-order valence-corrected chi connectivity index (χ2v) is 6.92. The van der Waals surface area contributed by atoms with E-state index in [1.807, 2.05) is 24.3 Å². The maximum Gasteiger partial charge on any atom is 0.231 e. The summed E-state index contributed by atoms with van der Waals surface area (Å²) in [6.45, 7) is 1.78. The molecule has 1 atom stereocenters. The van der Waals surface area contributed by atoms with Crippen LogP contribution in [-0.2, 0) is 4.79 Å². The van der Waals surface area contributed by atoms with Crippen molar-refractivity contribution in [3.8, 4) is 0 Å². The minimum atomic E-state index is -0.469. The van der Waals surface area contributed by atoms with Crippen LogP contribution in [0.3, 0.4) is 0 Å². The third-order valence-corrected chi connectivity index (χ3v) is 5.11. The molecule has 1 unspecified atom stereocenters. The molecule has 3 rings (SSSR count). The summed E-state index contributed by atoms with van der Waals surface area (Å²) in [5.41, 5.74) is 2.35. The molecular formula is C22H17Cl2NO2. The Morgan fingerprint density at radius 1 is 0.852 bits per heavy atom. The molecule has 1 amide bonds. The van der Waals surface area contributed by atoms with E-state index in [0.29, 0.717) is 26.9 Å². The van der Waals surface area contributed by atoms with Gasteiger partial charge in [-0.3, -0.25) is 9.59 Å². The topological polar surface area (TPSA) is 46.2 Å². The Morgan fingerprint density at radius 2 is 1.52 bits per heavy atom. The average molecular weight is 398 g/mol. The molecule has 0 fully saturated rings. The van der Waals surface area contributed by atoms with Crippen molar-refractivity contribution in [2.45, 2.75) is 12.8 Å². The lowest BCUT2D eigenvalue weighted by Crippen LogP contribution is -2.19. The van der Waals surface area contributed by atoms with E-state index in [1.165, 1.54) is 0 Å². The second kappa shape index (κ2) is 8.38. The van der Waals surface area contributed by atoms with Gasteiger partial charge < -0.3 is 5.32 Å². The van der Waals surface area contributed by atoms with Crippen LogP contribution in [0.5, 0.6) is 0 Å². The number of amides is 1. The number of nitrogens with one attached hydrogen (secondary N) is 1. The van der Waals surface area contributed by atoms with Gasteiger partial charge in [-0.1, -0.05) is 77.8 Å². The van der Waals surface area contributed by atoms with Gasteiger partial charge in [-0.2, -0.15) is 0 Å². The number of ketones is 1. The molecule has 5 heteroatoms. The van der Waals surface area contributed by atoms with Gasteiger partial charge in [-0.15, -0.1) is 0 Å². The van der Waals surface area contributed by atoms with Crippen LogP contribution in [0, 0.1) is 0 Å². The first-order chi connectivity index (χ1) is 13.0. The largest absolute Gasteiger partial charge is 0.324 e. The second-order valence-electron chi connectivity index (χ2n) is 6.13. The average Bonchev–Trinajstić information content (AvgIpc) is 2.71. The fraction of sp³-hybridized carbons (Fsp3) is 0.0909. The molecule has 3 nitrogen and oxygen atoms in total. The number of carbonyl (C=O) groups excluding carboxylic acids is 2. The Morgan fingerprint density at radius 3 is 2.26 bits per heavy atom. The molecule has 0 saturated heterocycles. The van der Waals surface area contributed by atoms with Gasteiger partial charge in [0.1, 0.15) is 0 Å². The van der Waals surface area contributed by atoms with Gasteiger partial charge in [-0.25, -0.2) is 0 Å². The van der Waals surface area contributed by atoms with Crippen molar-refractivity contribution >= 4 is 40.6 Å². The minimum Gasteiger partial charge on any atom is -0.324 e. The molecule has 0 radical (unpaired) electrons. The molecule has 0 aliphatic heterocycles. The van der Waals surface area contributed by atoms with Gasteiger partial charge in [0.15, 0.2) is 5.78 Å². The third kappa shape index (κ3) is 4.38. The van der Waals surface area contributed by atoms with Crippen molar-refractivity contribution in [3.05, 3.63) is 99.5 Å². The zero-order valence-electron chi connectivity index (χ0n) is 14.6. The van der Waals surface area contributed by atoms with E-state index in [0.717, 1.165) is 5.56 Å². The molecule has 27 heavy (non-hydrogen) atoms. The van der Waals surface area contributed by atoms with Crippen LogP contribution in [0.2, 0.25) is 10.0 Å². The lowest BCUT2D eigenvalue weighted by atomic mass is 9.95. The highest BCUT2D eigenvalue weighted by Crippen LogP contribution is 2.30. The molecule has 136 valence electrons. The van der Waals surface area contributed by atoms with Crippen molar-refractivity contribution in [2.75, 3.05) is 5.32 Å². The highest BCUT2D eigenvalue weighted by Gasteiger charge is 2.19. The van der Waals surface area contributed by atoms with E-state index in [4.69, 9.17) is 23.2 Å². The Balaban J connectivity index is 1.81. The van der Waals surface area contributed by atoms with Crippen LogP contribution < -0.4 is 5.32 Å². The number of benzene rings is 3. The summed E-state index contributed by atoms with van der Waals surface area (Å²) in [5.74, 6) is -0.782. The molecule has 0 heterocycles. The van der Waals surface area contributed by atoms with Gasteiger partial charge in [0.2, 0.25) is 5.91 Å². The zero-order chi connectivity index (χ0) is 19.4. The van der Waals surface area contributed by atoms with Crippen molar-refractivity contribution in [2.24, 2.45) is 0 Å². The molecule has 1 N–H and O–H groups in total. The van der Waals surface area contributed by atoms with E-state index in [9.17, 15) is 9.59 Å². The fourth-order valence-corrected chi connectivity index (χ4v) is 3.05. The normalized spacial score (nSPS) is 11.7. The minimum absolute atomic E-state index is 0.0806. The standard InChI is InChI=1S/C22H17Cl2NO2/c1-14(22(27)25-19-12-6-11-18(23)20(19)24)16-9-5-10-17(13-16)21(26)15-7-3-2-4-8-15/h2-14H,1H3,(H,25,27). The number of rotatable bonds is 5. The summed E-state index contributed by atoms with van der Waals surface area (Å²) >= 11 is 12.1. The van der Waals surface area contributed by atoms with E-state index in [-0.39, 0.29) is 11.7 Å². The summed E-state index contributed by atoms with van der Waals surface area (Å²) in [4.78, 5) is 25.3. The highest BCUT2D eigenvalue weighted by atomic mass is 35.5. The molecule has 0 spiro atoms. The Bertz CT molecular complexity index is 987. The maximum atomic E-state index is 12.6. The first kappa shape index (κ1) is 19.2. The summed E-state index contributed by atoms with van der Waals surface area (Å²) < 4.78 is 0. The van der Waals surface area contributed by atoms with Crippen molar-refractivity contribution in [1.29, 1.82) is 0 Å². The van der Waals surface area contributed by atoms with E-state index in [1.54, 1.807) is 55.5 Å². The number of carbonyl (C=O) groups is 2. The Labute approximate surface area is 167 Å². The van der Waals surface area contributed by atoms with E-state index < -0.39 is 5.92 Å². The summed E-state index contributed by atoms with van der Waals surface area (Å²) in [6.07, 6.45) is 0. The molecule has 3 aromatic carbocycles. The molecule has 3 aromatic rings. The van der Waals surface area contributed by atoms with Crippen LogP contribution in [-0.4, -0.2) is 11.7 Å². The predicted molar refractivity (Wildman–Crippen MR) is 110 cm³/mol. The van der Waals surface area contributed by atoms with Gasteiger partial charge in [0.25, 0.3) is 0 Å². The van der Waals surface area contributed by atoms with Crippen molar-refractivity contribution in [1.82, 2.24) is 0 Å². The van der Waals surface area contributed by atoms with Crippen molar-refractivity contribution in [3.63, 3.8) is 0 Å². The monoisotopic (exact) mass is 397 g/mol. The van der Waals surface area contributed by atoms with E-state index >= 15 is 0 Å². The third-order valence-electron chi connectivity index (χ3n) is 4.29. The summed E-state index contributed by atoms with van der Waals surface area (Å²) in [7, 11) is 0. The van der Waals surface area contributed by atoms with Gasteiger partial charge in [0, 0.05) is 11.1 Å². The Hall–Kier alpha value is -2.62. The molecule has 0 aliphatic rings. The quantitative estimate of drug-likeness (QED) is 0.539. The smallest absolute Gasteiger partial charge is 0.231 e. The number of hydrogen-bond acceptors (Lipinski definition) is 2. The van der Waals surface area contributed by atoms with Crippen LogP contribution in [0.4, 0.5) is 5.69 Å². The highest BCUT2D eigenvalue weighted by molar-refractivity contribution is 6.44. The number of hydrogen-bond donors (Lipinski definition) is 1. The fourth-order valence-electron chi connectivity index (χ4n) is 2.70. The summed E-state index contributed by atoms with van der Waals surface area (Å²) in [5, 5.41) is 3.46. The van der Waals surface area contributed by atoms with Crippen LogP contribution in [0.1, 0.15) is 34.3 Å². The SMILES string of the molecule is CC(C(=O)Nc1cccc(Cl)c1Cl)c1cccc(C(=O)c2ccccc2)c1. The number of halogens is 2. The molecule has 0 saturated carbocycles. The lowest BCUT2D eigenvalue weighted by Gasteiger charge is -2.15. The zero-order valence-corrected chi connectivity index (χ0v) is 16.1. The number of anilines is 1. The first-order valence-corrected chi connectivity index (χ1v) is 9.17. The Kier molecular flexibility index (Phi) is 5.94. The predicted octanol–water partition coefficient (Wildman–Crippen LogP) is 5.97. The first-order valence-electron chi connectivity index (χ1n) is 8.42. The maximum absolute atomic E-state index is 12.6. The molecule has 0 aromatic heterocycles. The summed E-state index contributed by atoms with van der Waals surface area (Å²) in [6, 6.07) is 21.2. The van der Waals surface area contributed by atoms with Crippen molar-refractivity contribution < 1.29 is 9.59 Å². The van der Waals surface area contributed by atoms with Crippen LogP contribution in [0.15, 0.2) is 72.8 Å². The van der Waals surface area contributed by atoms with Gasteiger partial charge in [-0.05, 0) is 30.7 Å². The lowest BCUT2D eigenvalue weighted by molar-refractivity contribution is -0.117. The van der Waals surface area contributed by atoms with Crippen LogP contribution >= 0.6 is 23.2 Å².